The molecule has 0 atom stereocenters. The van der Waals surface area contributed by atoms with Gasteiger partial charge in [0.15, 0.2) is 0 Å². The quantitative estimate of drug-likeness (QED) is 0.539. The van der Waals surface area contributed by atoms with Crippen molar-refractivity contribution in [1.82, 2.24) is 4.90 Å². The van der Waals surface area contributed by atoms with Crippen LogP contribution < -0.4 is 0 Å². The normalized spacial score (nSPS) is 19.5. The Morgan fingerprint density at radius 1 is 1.35 bits per heavy atom. The summed E-state index contributed by atoms with van der Waals surface area (Å²) < 4.78 is 0. The average molecular weight is 237 g/mol. The molecule has 0 radical (unpaired) electrons. The molecule has 0 aromatic carbocycles. The number of amides is 2. The minimum atomic E-state index is -0.0716. The van der Waals surface area contributed by atoms with Gasteiger partial charge in [0, 0.05) is 46.1 Å². The monoisotopic (exact) mass is 237 g/mol. The highest BCUT2D eigenvalue weighted by atomic mass is 16.2. The number of piperidine rings is 1. The molecule has 1 aliphatic heterocycles. The van der Waals surface area contributed by atoms with E-state index in [0.29, 0.717) is 25.8 Å². The van der Waals surface area contributed by atoms with Crippen molar-refractivity contribution >= 4 is 23.7 Å². The molecule has 2 amide bonds. The van der Waals surface area contributed by atoms with Crippen molar-refractivity contribution in [2.45, 2.75) is 26.2 Å². The molecule has 1 saturated heterocycles. The topological polar surface area (TPSA) is 62.1 Å². The summed E-state index contributed by atoms with van der Waals surface area (Å²) in [4.78, 5) is 32.7. The van der Waals surface area contributed by atoms with E-state index in [1.807, 2.05) is 6.92 Å². The lowest BCUT2D eigenvalue weighted by molar-refractivity contribution is -0.149. The Morgan fingerprint density at radius 3 is 2.41 bits per heavy atom. The van der Waals surface area contributed by atoms with E-state index >= 15 is 0 Å². The van der Waals surface area contributed by atoms with Crippen LogP contribution >= 0.6 is 0 Å². The Kier molecular flexibility index (Phi) is 5.00. The highest BCUT2D eigenvalue weighted by molar-refractivity contribution is 6.30. The van der Waals surface area contributed by atoms with E-state index in [2.05, 4.69) is 9.98 Å². The molecule has 0 aromatic heterocycles. The fraction of sp³-hybridized carbons (Fsp3) is 0.667. The lowest BCUT2D eigenvalue weighted by Crippen LogP contribution is -2.43. The van der Waals surface area contributed by atoms with Gasteiger partial charge in [-0.1, -0.05) is 6.92 Å². The number of carbonyl (C=O) groups excluding carboxylic acids is 2. The standard InChI is InChI=1S/C12H19N3O2/c1-9-6-11(16)15(12(17)7-9)5-4-10(14-3)8-13-2/h8-9H,4-7H2,1-3H3. The number of hydrogen-bond acceptors (Lipinski definition) is 4. The Balaban J connectivity index is 2.56. The van der Waals surface area contributed by atoms with Crippen LogP contribution in [0.2, 0.25) is 0 Å². The summed E-state index contributed by atoms with van der Waals surface area (Å²) in [5.74, 6) is 0.0260. The van der Waals surface area contributed by atoms with Crippen molar-refractivity contribution in [1.29, 1.82) is 0 Å². The molecule has 0 bridgehead atoms. The number of likely N-dealkylation sites (tertiary alicyclic amines) is 1. The maximum Gasteiger partial charge on any atom is 0.229 e. The van der Waals surface area contributed by atoms with Crippen LogP contribution in [-0.4, -0.2) is 49.3 Å². The summed E-state index contributed by atoms with van der Waals surface area (Å²) in [5, 5.41) is 0. The molecule has 0 aliphatic carbocycles. The van der Waals surface area contributed by atoms with E-state index < -0.39 is 0 Å². The molecule has 1 heterocycles. The number of rotatable bonds is 4. The molecular weight excluding hydrogens is 218 g/mol. The van der Waals surface area contributed by atoms with Crippen LogP contribution in [0.5, 0.6) is 0 Å². The zero-order valence-electron chi connectivity index (χ0n) is 10.6. The number of carbonyl (C=O) groups is 2. The van der Waals surface area contributed by atoms with Crippen molar-refractivity contribution < 1.29 is 9.59 Å². The van der Waals surface area contributed by atoms with Crippen LogP contribution in [0.3, 0.4) is 0 Å². The fourth-order valence-corrected chi connectivity index (χ4v) is 1.89. The van der Waals surface area contributed by atoms with E-state index in [0.717, 1.165) is 5.71 Å². The predicted octanol–water partition coefficient (Wildman–Crippen LogP) is 0.933. The molecule has 0 N–H and O–H groups in total. The maximum atomic E-state index is 11.7. The van der Waals surface area contributed by atoms with Crippen LogP contribution in [0.25, 0.3) is 0 Å². The Morgan fingerprint density at radius 2 is 1.94 bits per heavy atom. The van der Waals surface area contributed by atoms with E-state index in [4.69, 9.17) is 0 Å². The van der Waals surface area contributed by atoms with E-state index in [1.165, 1.54) is 4.90 Å². The zero-order chi connectivity index (χ0) is 12.8. The molecule has 94 valence electrons. The molecule has 0 unspecified atom stereocenters. The number of aliphatic imine (C=N–C) groups is 2. The molecule has 0 aromatic rings. The van der Waals surface area contributed by atoms with Crippen molar-refractivity contribution in [2.75, 3.05) is 20.6 Å². The van der Waals surface area contributed by atoms with Crippen molar-refractivity contribution in [3.63, 3.8) is 0 Å². The molecule has 5 heteroatoms. The second kappa shape index (κ2) is 6.27. The van der Waals surface area contributed by atoms with Gasteiger partial charge in [-0.15, -0.1) is 0 Å². The van der Waals surface area contributed by atoms with Crippen LogP contribution in [0.1, 0.15) is 26.2 Å². The van der Waals surface area contributed by atoms with Gasteiger partial charge in [-0.3, -0.25) is 24.5 Å². The van der Waals surface area contributed by atoms with Gasteiger partial charge in [-0.2, -0.15) is 0 Å². The van der Waals surface area contributed by atoms with Crippen molar-refractivity contribution in [3.05, 3.63) is 0 Å². The first-order chi connectivity index (χ1) is 8.08. The summed E-state index contributed by atoms with van der Waals surface area (Å²) in [6.07, 6.45) is 3.15. The molecule has 1 aliphatic rings. The minimum Gasteiger partial charge on any atom is -0.295 e. The highest BCUT2D eigenvalue weighted by Gasteiger charge is 2.29. The Hall–Kier alpha value is -1.52. The molecular formula is C12H19N3O2. The third-order valence-electron chi connectivity index (χ3n) is 2.81. The fourth-order valence-electron chi connectivity index (χ4n) is 1.89. The van der Waals surface area contributed by atoms with Gasteiger partial charge in [0.05, 0.1) is 5.71 Å². The van der Waals surface area contributed by atoms with Gasteiger partial charge in [0.1, 0.15) is 0 Å². The molecule has 1 fully saturated rings. The largest absolute Gasteiger partial charge is 0.295 e. The Bertz CT molecular complexity index is 343. The van der Waals surface area contributed by atoms with Gasteiger partial charge >= 0.3 is 0 Å². The van der Waals surface area contributed by atoms with Crippen LogP contribution in [0, 0.1) is 5.92 Å². The van der Waals surface area contributed by atoms with Gasteiger partial charge in [0.2, 0.25) is 11.8 Å². The smallest absolute Gasteiger partial charge is 0.229 e. The lowest BCUT2D eigenvalue weighted by Gasteiger charge is -2.28. The number of imide groups is 1. The Labute approximate surface area is 102 Å². The van der Waals surface area contributed by atoms with Crippen molar-refractivity contribution in [2.24, 2.45) is 15.9 Å². The first kappa shape index (κ1) is 13.5. The minimum absolute atomic E-state index is 0.0716. The second-order valence-corrected chi connectivity index (χ2v) is 4.30. The lowest BCUT2D eigenvalue weighted by atomic mass is 9.97. The van der Waals surface area contributed by atoms with Crippen LogP contribution in [0.15, 0.2) is 9.98 Å². The summed E-state index contributed by atoms with van der Waals surface area (Å²) in [7, 11) is 3.35. The van der Waals surface area contributed by atoms with Crippen LogP contribution in [-0.2, 0) is 9.59 Å². The SMILES string of the molecule is CN=CC(CCN1C(=O)CC(C)CC1=O)=NC. The first-order valence-electron chi connectivity index (χ1n) is 5.79. The van der Waals surface area contributed by atoms with E-state index in [1.54, 1.807) is 20.3 Å². The molecule has 17 heavy (non-hydrogen) atoms. The third-order valence-corrected chi connectivity index (χ3v) is 2.81. The summed E-state index contributed by atoms with van der Waals surface area (Å²) in [6.45, 7) is 2.33. The number of nitrogens with zero attached hydrogens (tertiary/aromatic N) is 3. The maximum absolute atomic E-state index is 11.7. The third kappa shape index (κ3) is 3.76. The average Bonchev–Trinajstić information content (AvgIpc) is 2.26. The summed E-state index contributed by atoms with van der Waals surface area (Å²) in [5.41, 5.74) is 0.798. The van der Waals surface area contributed by atoms with Gasteiger partial charge in [-0.05, 0) is 5.92 Å². The van der Waals surface area contributed by atoms with E-state index in [9.17, 15) is 9.59 Å². The second-order valence-electron chi connectivity index (χ2n) is 4.30. The molecule has 0 saturated carbocycles. The summed E-state index contributed by atoms with van der Waals surface area (Å²) >= 11 is 0. The zero-order valence-corrected chi connectivity index (χ0v) is 10.6. The van der Waals surface area contributed by atoms with Crippen LogP contribution in [0.4, 0.5) is 0 Å². The predicted molar refractivity (Wildman–Crippen MR) is 67.5 cm³/mol. The van der Waals surface area contributed by atoms with Gasteiger partial charge in [0.25, 0.3) is 0 Å². The number of hydrogen-bond donors (Lipinski definition) is 0. The van der Waals surface area contributed by atoms with Gasteiger partial charge in [-0.25, -0.2) is 0 Å². The molecule has 1 rings (SSSR count). The highest BCUT2D eigenvalue weighted by Crippen LogP contribution is 2.18. The van der Waals surface area contributed by atoms with Crippen molar-refractivity contribution in [3.8, 4) is 0 Å². The molecule has 0 spiro atoms. The summed E-state index contributed by atoms with van der Waals surface area (Å²) in [6, 6.07) is 0. The first-order valence-corrected chi connectivity index (χ1v) is 5.79. The van der Waals surface area contributed by atoms with E-state index in [-0.39, 0.29) is 17.7 Å². The van der Waals surface area contributed by atoms with Gasteiger partial charge < -0.3 is 0 Å². The molecule has 5 nitrogen and oxygen atoms in total.